The summed E-state index contributed by atoms with van der Waals surface area (Å²) in [6.07, 6.45) is 4.13. The van der Waals surface area contributed by atoms with Crippen LogP contribution in [0.4, 0.5) is 0 Å². The summed E-state index contributed by atoms with van der Waals surface area (Å²) in [6.45, 7) is -0.0668. The van der Waals surface area contributed by atoms with Crippen LogP contribution in [0.1, 0.15) is 103 Å². The lowest BCUT2D eigenvalue weighted by atomic mass is 9.97. The number of ether oxygens (including phenoxy) is 5. The Morgan fingerprint density at radius 3 is 1.68 bits per heavy atom. The smallest absolute Gasteiger partial charge is 0.394 e. The predicted molar refractivity (Wildman–Crippen MR) is 255 cm³/mol. The van der Waals surface area contributed by atoms with E-state index in [0.29, 0.717) is 12.8 Å². The lowest BCUT2D eigenvalue weighted by Crippen LogP contribution is -2.64. The van der Waals surface area contributed by atoms with Crippen molar-refractivity contribution in [2.24, 2.45) is 0 Å². The van der Waals surface area contributed by atoms with Crippen molar-refractivity contribution in [3.63, 3.8) is 0 Å². The zero-order valence-corrected chi connectivity index (χ0v) is 45.3. The van der Waals surface area contributed by atoms with Gasteiger partial charge in [-0.25, -0.2) is 13.7 Å². The highest BCUT2D eigenvalue weighted by Crippen LogP contribution is 2.48. The van der Waals surface area contributed by atoms with Gasteiger partial charge in [-0.1, -0.05) is 57.8 Å². The molecule has 8 N–H and O–H groups in total. The predicted octanol–water partition coefficient (Wildman–Crippen LogP) is 3.29. The number of nitrogens with zero attached hydrogens (tertiary/aromatic N) is 1. The van der Waals surface area contributed by atoms with Gasteiger partial charge in [-0.05, 0) is 32.1 Å². The Hall–Kier alpha value is -0.900. The molecule has 0 aromatic rings. The summed E-state index contributed by atoms with van der Waals surface area (Å²) >= 11 is 0. The van der Waals surface area contributed by atoms with E-state index in [0.717, 1.165) is 64.9 Å². The standard InChI is InChI=1S/C41H82N2O25P4/c1-33(45)42-38-40(48)39(47)36(31-44)67-41(38)62-18-15-13-17-37(46)43-30-35(68-72(55,56)63-19-14-11-9-7-5-4-6-8-10-12-16-28-69(49,50)57-2)29-34(43)32-66-71(53,54)65-27-25-61-23-21-59-20-22-60-24-26-64-70(51,52)58-3/h34-36,38-41,44,47-48H,4-32H2,1-3H3,(H,42,45)(H,49,50)(H,51,52)(H,53,54)(H,55,56)/t34-,35+,36?,38?,39+,40+,41+/m0/s1. The molecule has 0 bridgehead atoms. The fourth-order valence-electron chi connectivity index (χ4n) is 7.48. The molecule has 2 heterocycles. The minimum Gasteiger partial charge on any atom is -0.394 e. The number of likely N-dealkylation sites (tertiary alicyclic amines) is 1. The number of carbonyl (C=O) groups excluding carboxylic acids is 2. The Kier molecular flexibility index (Phi) is 34.5. The first kappa shape index (κ1) is 67.2. The summed E-state index contributed by atoms with van der Waals surface area (Å²) in [4.78, 5) is 66.3. The number of hydrogen-bond donors (Lipinski definition) is 8. The van der Waals surface area contributed by atoms with E-state index in [1.54, 1.807) is 0 Å². The van der Waals surface area contributed by atoms with E-state index >= 15 is 0 Å². The first-order valence-corrected chi connectivity index (χ1v) is 30.6. The van der Waals surface area contributed by atoms with Crippen LogP contribution in [0.3, 0.4) is 0 Å². The molecule has 27 nitrogen and oxygen atoms in total. The van der Waals surface area contributed by atoms with Crippen molar-refractivity contribution in [2.75, 3.05) is 106 Å². The zero-order valence-electron chi connectivity index (χ0n) is 41.8. The van der Waals surface area contributed by atoms with Crippen LogP contribution in [0.15, 0.2) is 0 Å². The molecule has 6 unspecified atom stereocenters. The molecule has 0 aromatic carbocycles. The summed E-state index contributed by atoms with van der Waals surface area (Å²) in [5, 5.41) is 32.8. The van der Waals surface area contributed by atoms with Gasteiger partial charge < -0.3 is 73.3 Å². The van der Waals surface area contributed by atoms with Gasteiger partial charge in [-0.3, -0.25) is 41.3 Å². The number of hydrogen-bond acceptors (Lipinski definition) is 21. The monoisotopic (exact) mass is 1130 g/mol. The van der Waals surface area contributed by atoms with Gasteiger partial charge >= 0.3 is 31.1 Å². The number of aliphatic hydroxyl groups is 3. The van der Waals surface area contributed by atoms with Gasteiger partial charge in [0.1, 0.15) is 24.4 Å². The number of carbonyl (C=O) groups is 2. The second-order valence-electron chi connectivity index (χ2n) is 17.1. The molecule has 2 saturated heterocycles. The van der Waals surface area contributed by atoms with Crippen molar-refractivity contribution < 1.29 is 118 Å². The SMILES string of the molecule is COP(=O)(O)CCCCCCCCCCCCCOP(=O)(O)O[C@@H]1C[C@@H](COP(=O)(O)OCCOCCOCCOCCOP(=O)(O)OC)N(C(=O)CCCCO[C@@H]2OC(CO)[C@@H](O)[C@H](O)C2NC(C)=O)C1. The molecule has 0 aliphatic carbocycles. The summed E-state index contributed by atoms with van der Waals surface area (Å²) in [6, 6.07) is -2.02. The molecule has 0 spiro atoms. The van der Waals surface area contributed by atoms with Crippen molar-refractivity contribution in [3.05, 3.63) is 0 Å². The molecule has 2 aliphatic heterocycles. The van der Waals surface area contributed by atoms with Crippen LogP contribution in [0.2, 0.25) is 0 Å². The van der Waals surface area contributed by atoms with E-state index in [9.17, 15) is 57.8 Å². The van der Waals surface area contributed by atoms with Crippen molar-refractivity contribution in [1.82, 2.24) is 10.2 Å². The molecule has 2 fully saturated rings. The average molecular weight is 1130 g/mol. The van der Waals surface area contributed by atoms with Gasteiger partial charge in [0.2, 0.25) is 11.8 Å². The third-order valence-electron chi connectivity index (χ3n) is 11.3. The van der Waals surface area contributed by atoms with Gasteiger partial charge in [0.05, 0.1) is 84.8 Å². The number of nitrogens with one attached hydrogen (secondary N) is 1. The molecule has 426 valence electrons. The van der Waals surface area contributed by atoms with Crippen LogP contribution in [-0.4, -0.2) is 201 Å². The van der Waals surface area contributed by atoms with E-state index in [4.69, 9.17) is 46.7 Å². The number of phosphoric ester groups is 3. The van der Waals surface area contributed by atoms with Gasteiger partial charge in [0, 0.05) is 46.9 Å². The van der Waals surface area contributed by atoms with Gasteiger partial charge in [0.15, 0.2) is 6.29 Å². The number of aliphatic hydroxyl groups excluding tert-OH is 3. The molecule has 72 heavy (non-hydrogen) atoms. The Morgan fingerprint density at radius 1 is 0.625 bits per heavy atom. The molecule has 2 amide bonds. The third-order valence-corrected chi connectivity index (χ3v) is 15.8. The molecular weight excluding hydrogens is 1040 g/mol. The Morgan fingerprint density at radius 2 is 1.14 bits per heavy atom. The first-order valence-electron chi connectivity index (χ1n) is 24.4. The lowest BCUT2D eigenvalue weighted by molar-refractivity contribution is -0.270. The fraction of sp³-hybridized carbons (Fsp3) is 0.951. The third kappa shape index (κ3) is 30.1. The van der Waals surface area contributed by atoms with Crippen molar-refractivity contribution in [2.45, 2.75) is 146 Å². The summed E-state index contributed by atoms with van der Waals surface area (Å²) in [7, 11) is -14.5. The Balaban J connectivity index is 1.81. The van der Waals surface area contributed by atoms with Crippen molar-refractivity contribution >= 4 is 42.9 Å². The highest BCUT2D eigenvalue weighted by atomic mass is 31.2. The highest BCUT2D eigenvalue weighted by Gasteiger charge is 2.45. The number of rotatable bonds is 44. The molecule has 11 atom stereocenters. The Labute approximate surface area is 422 Å². The van der Waals surface area contributed by atoms with E-state index in [-0.39, 0.29) is 104 Å². The van der Waals surface area contributed by atoms with E-state index in [1.165, 1.54) is 18.9 Å². The fourth-order valence-corrected chi connectivity index (χ4v) is 10.4. The van der Waals surface area contributed by atoms with E-state index in [2.05, 4.69) is 18.9 Å². The molecule has 31 heteroatoms. The van der Waals surface area contributed by atoms with Crippen LogP contribution < -0.4 is 5.32 Å². The Bertz CT molecular complexity index is 1690. The average Bonchev–Trinajstić information content (AvgIpc) is 3.73. The van der Waals surface area contributed by atoms with E-state index < -0.39 is 98.9 Å². The maximum Gasteiger partial charge on any atom is 0.472 e. The zero-order chi connectivity index (χ0) is 53.5. The molecule has 2 rings (SSSR count). The minimum atomic E-state index is -4.68. The second kappa shape index (κ2) is 37.0. The normalized spacial score (nSPS) is 24.9. The second-order valence-corrected chi connectivity index (χ2v) is 23.6. The molecule has 0 radical (unpaired) electrons. The lowest BCUT2D eigenvalue weighted by Gasteiger charge is -2.42. The van der Waals surface area contributed by atoms with Crippen molar-refractivity contribution in [1.29, 1.82) is 0 Å². The van der Waals surface area contributed by atoms with Crippen molar-refractivity contribution in [3.8, 4) is 0 Å². The van der Waals surface area contributed by atoms with Gasteiger partial charge in [0.25, 0.3) is 0 Å². The van der Waals surface area contributed by atoms with Gasteiger partial charge in [-0.15, -0.1) is 0 Å². The molecule has 0 aromatic heterocycles. The number of unbranched alkanes of at least 4 members (excludes halogenated alkanes) is 11. The quantitative estimate of drug-likeness (QED) is 0.0320. The van der Waals surface area contributed by atoms with Crippen LogP contribution in [-0.2, 0) is 83.2 Å². The van der Waals surface area contributed by atoms with Crippen LogP contribution >= 0.6 is 31.1 Å². The highest BCUT2D eigenvalue weighted by molar-refractivity contribution is 7.52. The largest absolute Gasteiger partial charge is 0.472 e. The minimum absolute atomic E-state index is 0.0170. The summed E-state index contributed by atoms with van der Waals surface area (Å²) in [5.74, 6) is -0.954. The summed E-state index contributed by atoms with van der Waals surface area (Å²) < 4.78 is 110. The number of phosphoric acid groups is 3. The van der Waals surface area contributed by atoms with Crippen LogP contribution in [0.25, 0.3) is 0 Å². The van der Waals surface area contributed by atoms with E-state index in [1.807, 2.05) is 0 Å². The first-order chi connectivity index (χ1) is 34.1. The maximum atomic E-state index is 13.6. The molecular formula is C41H82N2O25P4. The molecule has 0 saturated carbocycles. The molecule has 2 aliphatic rings. The van der Waals surface area contributed by atoms with Gasteiger partial charge in [-0.2, -0.15) is 0 Å². The maximum absolute atomic E-state index is 13.6. The topological polar surface area (TPSA) is 370 Å². The number of amides is 2. The summed E-state index contributed by atoms with van der Waals surface area (Å²) in [5.41, 5.74) is 0. The van der Waals surface area contributed by atoms with Crippen LogP contribution in [0.5, 0.6) is 0 Å². The van der Waals surface area contributed by atoms with Crippen LogP contribution in [0, 0.1) is 0 Å².